The van der Waals surface area contributed by atoms with E-state index in [1.165, 1.54) is 6.08 Å². The maximum atomic E-state index is 11.5. The van der Waals surface area contributed by atoms with Crippen LogP contribution in [0.5, 0.6) is 0 Å². The van der Waals surface area contributed by atoms with E-state index < -0.39 is 5.97 Å². The normalized spacial score (nSPS) is 9.50. The Morgan fingerprint density at radius 2 is 2.36 bits per heavy atom. The van der Waals surface area contributed by atoms with E-state index in [-0.39, 0.29) is 6.61 Å². The van der Waals surface area contributed by atoms with Gasteiger partial charge in [0.15, 0.2) is 0 Å². The van der Waals surface area contributed by atoms with Crippen molar-refractivity contribution in [1.82, 2.24) is 0 Å². The van der Waals surface area contributed by atoms with E-state index >= 15 is 0 Å². The summed E-state index contributed by atoms with van der Waals surface area (Å²) in [5, 5.41) is 0. The Balaban J connectivity index is 2.94. The van der Waals surface area contributed by atoms with Gasteiger partial charge in [0, 0.05) is 5.69 Å². The number of hydrogen-bond donors (Lipinski definition) is 1. The van der Waals surface area contributed by atoms with Crippen LogP contribution in [-0.2, 0) is 4.74 Å². The Hall–Kier alpha value is -1.77. The third-order valence-corrected chi connectivity index (χ3v) is 1.84. The predicted molar refractivity (Wildman–Crippen MR) is 56.1 cm³/mol. The minimum Gasteiger partial charge on any atom is -0.458 e. The number of anilines is 1. The zero-order valence-electron chi connectivity index (χ0n) is 8.12. The largest absolute Gasteiger partial charge is 0.458 e. The fraction of sp³-hybridized carbons (Fsp3) is 0.182. The van der Waals surface area contributed by atoms with Gasteiger partial charge in [-0.05, 0) is 18.6 Å². The van der Waals surface area contributed by atoms with Gasteiger partial charge in [-0.1, -0.05) is 24.8 Å². The average Bonchev–Trinajstić information content (AvgIpc) is 2.14. The molecule has 1 rings (SSSR count). The number of rotatable bonds is 3. The summed E-state index contributed by atoms with van der Waals surface area (Å²) in [6.07, 6.45) is 1.52. The van der Waals surface area contributed by atoms with Gasteiger partial charge >= 0.3 is 5.97 Å². The van der Waals surface area contributed by atoms with E-state index in [2.05, 4.69) is 6.58 Å². The molecule has 0 atom stereocenters. The van der Waals surface area contributed by atoms with Crippen LogP contribution >= 0.6 is 0 Å². The lowest BCUT2D eigenvalue weighted by atomic mass is 10.1. The van der Waals surface area contributed by atoms with Gasteiger partial charge in [0.05, 0.1) is 5.56 Å². The minimum absolute atomic E-state index is 0.201. The fourth-order valence-corrected chi connectivity index (χ4v) is 1.18. The van der Waals surface area contributed by atoms with Gasteiger partial charge in [0.1, 0.15) is 6.61 Å². The third-order valence-electron chi connectivity index (χ3n) is 1.84. The molecule has 0 aliphatic rings. The molecule has 0 aromatic heterocycles. The summed E-state index contributed by atoms with van der Waals surface area (Å²) in [6, 6.07) is 5.30. The number of aryl methyl sites for hydroxylation is 1. The van der Waals surface area contributed by atoms with E-state index in [0.29, 0.717) is 11.3 Å². The first kappa shape index (κ1) is 10.3. The zero-order valence-corrected chi connectivity index (χ0v) is 8.12. The monoisotopic (exact) mass is 191 g/mol. The van der Waals surface area contributed by atoms with Crippen molar-refractivity contribution in [2.75, 3.05) is 12.3 Å². The molecule has 0 radical (unpaired) electrons. The van der Waals surface area contributed by atoms with Crippen molar-refractivity contribution in [3.8, 4) is 0 Å². The Labute approximate surface area is 83.2 Å². The summed E-state index contributed by atoms with van der Waals surface area (Å²) in [5.41, 5.74) is 7.37. The lowest BCUT2D eigenvalue weighted by Crippen LogP contribution is -2.10. The highest BCUT2D eigenvalue weighted by Gasteiger charge is 2.12. The van der Waals surface area contributed by atoms with Crippen molar-refractivity contribution in [3.05, 3.63) is 42.0 Å². The van der Waals surface area contributed by atoms with Crippen molar-refractivity contribution in [2.45, 2.75) is 6.92 Å². The van der Waals surface area contributed by atoms with Gasteiger partial charge in [0.2, 0.25) is 0 Å². The van der Waals surface area contributed by atoms with Crippen molar-refractivity contribution in [1.29, 1.82) is 0 Å². The van der Waals surface area contributed by atoms with Crippen LogP contribution in [0.2, 0.25) is 0 Å². The van der Waals surface area contributed by atoms with Crippen LogP contribution in [0, 0.1) is 6.92 Å². The lowest BCUT2D eigenvalue weighted by molar-refractivity contribution is 0.0550. The highest BCUT2D eigenvalue weighted by Crippen LogP contribution is 2.17. The molecule has 2 N–H and O–H groups in total. The van der Waals surface area contributed by atoms with E-state index in [4.69, 9.17) is 10.5 Å². The van der Waals surface area contributed by atoms with Gasteiger partial charge in [-0.25, -0.2) is 4.79 Å². The van der Waals surface area contributed by atoms with Crippen molar-refractivity contribution >= 4 is 11.7 Å². The molecule has 0 bridgehead atoms. The van der Waals surface area contributed by atoms with Gasteiger partial charge in [-0.2, -0.15) is 0 Å². The fourth-order valence-electron chi connectivity index (χ4n) is 1.18. The summed E-state index contributed by atoms with van der Waals surface area (Å²) in [5.74, 6) is -0.402. The molecule has 0 aliphatic heterocycles. The summed E-state index contributed by atoms with van der Waals surface area (Å²) in [6.45, 7) is 5.48. The lowest BCUT2D eigenvalue weighted by Gasteiger charge is -2.07. The standard InChI is InChI=1S/C11H13NO2/c1-3-7-14-11(13)10-8(2)5-4-6-9(10)12/h3-6H,1,7,12H2,2H3. The molecule has 3 heteroatoms. The quantitative estimate of drug-likeness (QED) is 0.451. The molecular weight excluding hydrogens is 178 g/mol. The smallest absolute Gasteiger partial charge is 0.340 e. The topological polar surface area (TPSA) is 52.3 Å². The first-order valence-electron chi connectivity index (χ1n) is 4.30. The van der Waals surface area contributed by atoms with Crippen molar-refractivity contribution < 1.29 is 9.53 Å². The summed E-state index contributed by atoms with van der Waals surface area (Å²) >= 11 is 0. The molecule has 0 saturated heterocycles. The third kappa shape index (κ3) is 2.13. The van der Waals surface area contributed by atoms with Crippen LogP contribution < -0.4 is 5.73 Å². The molecule has 14 heavy (non-hydrogen) atoms. The molecule has 74 valence electrons. The number of ether oxygens (including phenoxy) is 1. The number of nitrogens with two attached hydrogens (primary N) is 1. The minimum atomic E-state index is -0.402. The number of nitrogen functional groups attached to an aromatic ring is 1. The Morgan fingerprint density at radius 3 is 2.93 bits per heavy atom. The first-order valence-corrected chi connectivity index (χ1v) is 4.30. The summed E-state index contributed by atoms with van der Waals surface area (Å²) in [4.78, 5) is 11.5. The molecule has 0 unspecified atom stereocenters. The maximum absolute atomic E-state index is 11.5. The van der Waals surface area contributed by atoms with Gasteiger partial charge in [0.25, 0.3) is 0 Å². The second kappa shape index (κ2) is 4.46. The Morgan fingerprint density at radius 1 is 1.64 bits per heavy atom. The van der Waals surface area contributed by atoms with Crippen LogP contribution in [0.1, 0.15) is 15.9 Å². The molecule has 0 amide bonds. The summed E-state index contributed by atoms with van der Waals surface area (Å²) < 4.78 is 4.90. The highest BCUT2D eigenvalue weighted by molar-refractivity contribution is 5.96. The number of esters is 1. The molecule has 0 aliphatic carbocycles. The molecule has 0 heterocycles. The molecule has 3 nitrogen and oxygen atoms in total. The molecule has 0 fully saturated rings. The molecule has 1 aromatic carbocycles. The number of hydrogen-bond acceptors (Lipinski definition) is 3. The van der Waals surface area contributed by atoms with Crippen LogP contribution in [0.15, 0.2) is 30.9 Å². The average molecular weight is 191 g/mol. The van der Waals surface area contributed by atoms with E-state index in [1.807, 2.05) is 13.0 Å². The zero-order chi connectivity index (χ0) is 10.6. The second-order valence-electron chi connectivity index (χ2n) is 2.93. The molecule has 0 spiro atoms. The molecular formula is C11H13NO2. The number of carbonyl (C=O) groups excluding carboxylic acids is 1. The molecule has 1 aromatic rings. The van der Waals surface area contributed by atoms with Crippen LogP contribution in [0.25, 0.3) is 0 Å². The van der Waals surface area contributed by atoms with Crippen LogP contribution in [0.4, 0.5) is 5.69 Å². The first-order chi connectivity index (χ1) is 6.66. The molecule has 0 saturated carbocycles. The van der Waals surface area contributed by atoms with E-state index in [9.17, 15) is 4.79 Å². The Kier molecular flexibility index (Phi) is 3.29. The van der Waals surface area contributed by atoms with Gasteiger partial charge in [-0.15, -0.1) is 0 Å². The van der Waals surface area contributed by atoms with E-state index in [0.717, 1.165) is 5.56 Å². The highest BCUT2D eigenvalue weighted by atomic mass is 16.5. The van der Waals surface area contributed by atoms with E-state index in [1.54, 1.807) is 12.1 Å². The number of benzene rings is 1. The van der Waals surface area contributed by atoms with Gasteiger partial charge in [-0.3, -0.25) is 0 Å². The number of carbonyl (C=O) groups is 1. The van der Waals surface area contributed by atoms with Crippen molar-refractivity contribution in [2.24, 2.45) is 0 Å². The Bertz CT molecular complexity index is 338. The maximum Gasteiger partial charge on any atom is 0.340 e. The van der Waals surface area contributed by atoms with Gasteiger partial charge < -0.3 is 10.5 Å². The second-order valence-corrected chi connectivity index (χ2v) is 2.93. The van der Waals surface area contributed by atoms with Crippen molar-refractivity contribution in [3.63, 3.8) is 0 Å². The SMILES string of the molecule is C=CCOC(=O)c1c(C)cccc1N. The predicted octanol–water partition coefficient (Wildman–Crippen LogP) is 1.92. The summed E-state index contributed by atoms with van der Waals surface area (Å²) in [7, 11) is 0. The van der Waals surface area contributed by atoms with Crippen LogP contribution in [0.3, 0.4) is 0 Å². The van der Waals surface area contributed by atoms with Crippen LogP contribution in [-0.4, -0.2) is 12.6 Å².